The van der Waals surface area contributed by atoms with Crippen LogP contribution in [-0.4, -0.2) is 29.0 Å². The van der Waals surface area contributed by atoms with Crippen LogP contribution in [0.15, 0.2) is 42.5 Å². The first-order valence-corrected chi connectivity index (χ1v) is 12.7. The van der Waals surface area contributed by atoms with Crippen LogP contribution in [0.1, 0.15) is 58.1 Å². The zero-order valence-electron chi connectivity index (χ0n) is 21.6. The van der Waals surface area contributed by atoms with E-state index in [4.69, 9.17) is 9.72 Å². The molecule has 3 aromatic rings. The molecule has 1 aromatic heterocycles. The predicted octanol–water partition coefficient (Wildman–Crippen LogP) is 7.42. The van der Waals surface area contributed by atoms with E-state index in [0.29, 0.717) is 35.8 Å². The second-order valence-electron chi connectivity index (χ2n) is 10.3. The quantitative estimate of drug-likeness (QED) is 0.315. The fourth-order valence-electron chi connectivity index (χ4n) is 5.39. The van der Waals surface area contributed by atoms with Gasteiger partial charge in [0.1, 0.15) is 5.75 Å². The number of carbonyl (C=O) groups excluding carboxylic acids is 1. The number of halogens is 3. The van der Waals surface area contributed by atoms with Crippen LogP contribution in [-0.2, 0) is 16.0 Å². The lowest BCUT2D eigenvalue weighted by molar-refractivity contribution is -0.274. The highest BCUT2D eigenvalue weighted by molar-refractivity contribution is 5.81. The number of hydrogen-bond acceptors (Lipinski definition) is 5. The van der Waals surface area contributed by atoms with Gasteiger partial charge >= 0.3 is 12.3 Å². The highest BCUT2D eigenvalue weighted by Gasteiger charge is 2.34. The van der Waals surface area contributed by atoms with E-state index in [1.807, 2.05) is 12.1 Å². The number of benzene rings is 2. The van der Waals surface area contributed by atoms with Gasteiger partial charge in [-0.1, -0.05) is 33.3 Å². The molecule has 1 heterocycles. The summed E-state index contributed by atoms with van der Waals surface area (Å²) in [6.07, 6.45) is -0.566. The number of methoxy groups -OCH3 is 1. The molecule has 0 radical (unpaired) electrons. The number of imidazole rings is 1. The monoisotopic (exact) mass is 517 g/mol. The number of ether oxygens (including phenoxy) is 2. The SMILES string of the molecule is COC(=O)CCc1ccc2c(c1)nc(Nc1ccc(OC(F)(F)F)cc1)n2[C@@H]1C[C@H](C)CC[C@@H]1C(C)C. The molecule has 1 N–H and O–H groups in total. The largest absolute Gasteiger partial charge is 0.573 e. The molecule has 4 rings (SSSR count). The Hall–Kier alpha value is -3.23. The predicted molar refractivity (Wildman–Crippen MR) is 137 cm³/mol. The van der Waals surface area contributed by atoms with Crippen molar-refractivity contribution in [3.8, 4) is 5.75 Å². The minimum atomic E-state index is -4.74. The summed E-state index contributed by atoms with van der Waals surface area (Å²) in [7, 11) is 1.38. The molecule has 1 aliphatic rings. The number of aryl methyl sites for hydroxylation is 1. The van der Waals surface area contributed by atoms with Crippen molar-refractivity contribution >= 4 is 28.6 Å². The summed E-state index contributed by atoms with van der Waals surface area (Å²) in [6, 6.07) is 12.0. The summed E-state index contributed by atoms with van der Waals surface area (Å²) in [4.78, 5) is 16.5. The fraction of sp³-hybridized carbons (Fsp3) is 0.500. The lowest BCUT2D eigenvalue weighted by Crippen LogP contribution is -2.30. The lowest BCUT2D eigenvalue weighted by Gasteiger charge is -2.39. The number of nitrogens with zero attached hydrogens (tertiary/aromatic N) is 2. The molecule has 2 aromatic carbocycles. The van der Waals surface area contributed by atoms with E-state index in [1.165, 1.54) is 25.7 Å². The maximum absolute atomic E-state index is 12.6. The molecule has 0 saturated heterocycles. The van der Waals surface area contributed by atoms with Crippen LogP contribution in [0.5, 0.6) is 5.75 Å². The first-order valence-electron chi connectivity index (χ1n) is 12.7. The highest BCUT2D eigenvalue weighted by Crippen LogP contribution is 2.44. The third kappa shape index (κ3) is 6.56. The van der Waals surface area contributed by atoms with Gasteiger partial charge in [0.2, 0.25) is 5.95 Å². The molecule has 0 spiro atoms. The number of carbonyl (C=O) groups is 1. The second-order valence-corrected chi connectivity index (χ2v) is 10.3. The molecule has 9 heteroatoms. The molecule has 6 nitrogen and oxygen atoms in total. The zero-order chi connectivity index (χ0) is 26.7. The third-order valence-electron chi connectivity index (χ3n) is 7.26. The number of hydrogen-bond donors (Lipinski definition) is 1. The van der Waals surface area contributed by atoms with Gasteiger partial charge in [-0.25, -0.2) is 4.98 Å². The first kappa shape index (κ1) is 26.8. The maximum atomic E-state index is 12.6. The Morgan fingerprint density at radius 1 is 1.16 bits per heavy atom. The van der Waals surface area contributed by atoms with Gasteiger partial charge in [-0.3, -0.25) is 4.79 Å². The summed E-state index contributed by atoms with van der Waals surface area (Å²) < 4.78 is 48.8. The first-order chi connectivity index (χ1) is 17.5. The van der Waals surface area contributed by atoms with Gasteiger partial charge in [-0.2, -0.15) is 0 Å². The molecular weight excluding hydrogens is 483 g/mol. The number of esters is 1. The molecule has 0 aliphatic heterocycles. The van der Waals surface area contributed by atoms with Crippen LogP contribution < -0.4 is 10.1 Å². The summed E-state index contributed by atoms with van der Waals surface area (Å²) in [5.41, 5.74) is 3.40. The van der Waals surface area contributed by atoms with E-state index >= 15 is 0 Å². The third-order valence-corrected chi connectivity index (χ3v) is 7.26. The van der Waals surface area contributed by atoms with Crippen molar-refractivity contribution in [2.75, 3.05) is 12.4 Å². The van der Waals surface area contributed by atoms with Crippen LogP contribution in [0.4, 0.5) is 24.8 Å². The Morgan fingerprint density at radius 3 is 2.54 bits per heavy atom. The van der Waals surface area contributed by atoms with E-state index in [-0.39, 0.29) is 24.2 Å². The van der Waals surface area contributed by atoms with Gasteiger partial charge in [0, 0.05) is 18.2 Å². The average molecular weight is 518 g/mol. The maximum Gasteiger partial charge on any atom is 0.573 e. The molecule has 0 bridgehead atoms. The van der Waals surface area contributed by atoms with Crippen molar-refractivity contribution in [3.63, 3.8) is 0 Å². The normalized spacial score (nSPS) is 20.3. The van der Waals surface area contributed by atoms with Crippen LogP contribution >= 0.6 is 0 Å². The number of rotatable bonds is 8. The molecule has 1 fully saturated rings. The van der Waals surface area contributed by atoms with E-state index in [1.54, 1.807) is 12.1 Å². The summed E-state index contributed by atoms with van der Waals surface area (Å²) in [6.45, 7) is 6.79. The van der Waals surface area contributed by atoms with Crippen molar-refractivity contribution in [1.82, 2.24) is 9.55 Å². The van der Waals surface area contributed by atoms with Crippen LogP contribution in [0, 0.1) is 17.8 Å². The Labute approximate surface area is 215 Å². The second kappa shape index (κ2) is 11.0. The highest BCUT2D eigenvalue weighted by atomic mass is 19.4. The summed E-state index contributed by atoms with van der Waals surface area (Å²) in [5.74, 6) is 1.64. The average Bonchev–Trinajstić information content (AvgIpc) is 3.19. The van der Waals surface area contributed by atoms with Gasteiger partial charge in [-0.05, 0) is 79.0 Å². The molecular formula is C28H34F3N3O3. The minimum absolute atomic E-state index is 0.227. The molecule has 37 heavy (non-hydrogen) atoms. The van der Waals surface area contributed by atoms with Crippen molar-refractivity contribution < 1.29 is 27.4 Å². The zero-order valence-corrected chi connectivity index (χ0v) is 21.6. The number of anilines is 2. The Balaban J connectivity index is 1.72. The van der Waals surface area contributed by atoms with Crippen molar-refractivity contribution in [3.05, 3.63) is 48.0 Å². The Kier molecular flexibility index (Phi) is 7.99. The van der Waals surface area contributed by atoms with Crippen LogP contribution in [0.25, 0.3) is 11.0 Å². The van der Waals surface area contributed by atoms with Crippen LogP contribution in [0.3, 0.4) is 0 Å². The van der Waals surface area contributed by atoms with E-state index in [9.17, 15) is 18.0 Å². The Morgan fingerprint density at radius 2 is 1.89 bits per heavy atom. The smallest absolute Gasteiger partial charge is 0.469 e. The standard InChI is InChI=1S/C28H34F3N3O3/c1-17(2)22-12-5-18(3)15-25(22)34-24-13-6-19(7-14-26(35)36-4)16-23(24)33-27(34)32-20-8-10-21(11-9-20)37-28(29,30)31/h6,8-11,13,16-18,22,25H,5,7,12,14-15H2,1-4H3,(H,32,33)/t18-,22-,25-/m1/s1. The van der Waals surface area contributed by atoms with Crippen LogP contribution in [0.2, 0.25) is 0 Å². The van der Waals surface area contributed by atoms with Gasteiger partial charge in [-0.15, -0.1) is 13.2 Å². The minimum Gasteiger partial charge on any atom is -0.469 e. The number of aromatic nitrogens is 2. The molecule has 1 aliphatic carbocycles. The summed E-state index contributed by atoms with van der Waals surface area (Å²) >= 11 is 0. The van der Waals surface area contributed by atoms with Crippen molar-refractivity contribution in [2.45, 2.75) is 65.3 Å². The van der Waals surface area contributed by atoms with Crippen molar-refractivity contribution in [1.29, 1.82) is 0 Å². The molecule has 1 saturated carbocycles. The molecule has 3 atom stereocenters. The number of alkyl halides is 3. The summed E-state index contributed by atoms with van der Waals surface area (Å²) in [5, 5.41) is 3.34. The molecule has 0 amide bonds. The molecule has 200 valence electrons. The lowest BCUT2D eigenvalue weighted by atomic mass is 9.74. The molecule has 0 unspecified atom stereocenters. The number of fused-ring (bicyclic) bond motifs is 1. The fourth-order valence-corrected chi connectivity index (χ4v) is 5.39. The van der Waals surface area contributed by atoms with Gasteiger partial charge in [0.15, 0.2) is 0 Å². The Bertz CT molecular complexity index is 1220. The van der Waals surface area contributed by atoms with E-state index in [2.05, 4.69) is 41.5 Å². The van der Waals surface area contributed by atoms with Crippen molar-refractivity contribution in [2.24, 2.45) is 17.8 Å². The van der Waals surface area contributed by atoms with Gasteiger partial charge in [0.25, 0.3) is 0 Å². The van der Waals surface area contributed by atoms with E-state index < -0.39 is 6.36 Å². The number of nitrogens with one attached hydrogen (secondary N) is 1. The van der Waals surface area contributed by atoms with Gasteiger partial charge in [0.05, 0.1) is 18.1 Å². The topological polar surface area (TPSA) is 65.4 Å². The van der Waals surface area contributed by atoms with E-state index in [0.717, 1.165) is 29.4 Å². The van der Waals surface area contributed by atoms with Gasteiger partial charge < -0.3 is 19.4 Å².